The Bertz CT molecular complexity index is 429. The van der Waals surface area contributed by atoms with Crippen molar-refractivity contribution in [3.63, 3.8) is 0 Å². The Kier molecular flexibility index (Phi) is 12.7. The van der Waals surface area contributed by atoms with Crippen molar-refractivity contribution in [1.82, 2.24) is 0 Å². The third-order valence-corrected chi connectivity index (χ3v) is 2.82. The SMILES string of the molecule is O=C(O)CCCC#CC=C[C@H](O)[C@H](O)CCC=CC=CBr. The topological polar surface area (TPSA) is 77.8 Å². The zero-order valence-electron chi connectivity index (χ0n) is 11.8. The molecule has 0 spiro atoms. The van der Waals surface area contributed by atoms with Gasteiger partial charge in [0.1, 0.15) is 0 Å². The molecule has 0 unspecified atom stereocenters. The van der Waals surface area contributed by atoms with Crippen LogP contribution in [0.2, 0.25) is 0 Å². The van der Waals surface area contributed by atoms with Crippen molar-refractivity contribution >= 4 is 21.9 Å². The molecule has 3 N–H and O–H groups in total. The van der Waals surface area contributed by atoms with Crippen molar-refractivity contribution in [2.24, 2.45) is 0 Å². The Hall–Kier alpha value is -1.35. The average Bonchev–Trinajstić information content (AvgIpc) is 2.45. The van der Waals surface area contributed by atoms with E-state index in [-0.39, 0.29) is 6.42 Å². The van der Waals surface area contributed by atoms with Gasteiger partial charge in [0.2, 0.25) is 0 Å². The molecule has 0 heterocycles. The largest absolute Gasteiger partial charge is 0.481 e. The van der Waals surface area contributed by atoms with E-state index < -0.39 is 18.2 Å². The lowest BCUT2D eigenvalue weighted by Gasteiger charge is -2.12. The summed E-state index contributed by atoms with van der Waals surface area (Å²) in [4.78, 5) is 12.0. The minimum atomic E-state index is -0.946. The maximum absolute atomic E-state index is 10.3. The first-order chi connectivity index (χ1) is 10.1. The second kappa shape index (κ2) is 13.6. The average molecular weight is 357 g/mol. The van der Waals surface area contributed by atoms with Crippen molar-refractivity contribution in [3.8, 4) is 11.8 Å². The van der Waals surface area contributed by atoms with E-state index in [1.165, 1.54) is 12.2 Å². The van der Waals surface area contributed by atoms with Crippen molar-refractivity contribution < 1.29 is 20.1 Å². The highest BCUT2D eigenvalue weighted by atomic mass is 79.9. The number of allylic oxidation sites excluding steroid dienone is 4. The van der Waals surface area contributed by atoms with Crippen LogP contribution in [0.3, 0.4) is 0 Å². The van der Waals surface area contributed by atoms with Gasteiger partial charge in [0, 0.05) is 12.8 Å². The van der Waals surface area contributed by atoms with Crippen LogP contribution in [0.5, 0.6) is 0 Å². The van der Waals surface area contributed by atoms with Gasteiger partial charge in [-0.3, -0.25) is 4.79 Å². The van der Waals surface area contributed by atoms with Gasteiger partial charge < -0.3 is 15.3 Å². The molecule has 0 aromatic rings. The number of carbonyl (C=O) groups is 1. The summed E-state index contributed by atoms with van der Waals surface area (Å²) in [6.45, 7) is 0. The fourth-order valence-electron chi connectivity index (χ4n) is 1.39. The number of aliphatic carboxylic acids is 1. The van der Waals surface area contributed by atoms with E-state index in [1.54, 1.807) is 4.99 Å². The highest BCUT2D eigenvalue weighted by Crippen LogP contribution is 2.05. The summed E-state index contributed by atoms with van der Waals surface area (Å²) < 4.78 is 0. The van der Waals surface area contributed by atoms with E-state index in [4.69, 9.17) is 5.11 Å². The summed E-state index contributed by atoms with van der Waals surface area (Å²) >= 11 is 3.14. The number of carboxylic acid groups (broad SMARTS) is 1. The minimum absolute atomic E-state index is 0.109. The van der Waals surface area contributed by atoms with Crippen LogP contribution in [0, 0.1) is 11.8 Å². The van der Waals surface area contributed by atoms with Gasteiger partial charge in [0.15, 0.2) is 0 Å². The lowest BCUT2D eigenvalue weighted by atomic mass is 10.1. The highest BCUT2D eigenvalue weighted by molar-refractivity contribution is 9.11. The number of aliphatic hydroxyl groups excluding tert-OH is 2. The molecule has 2 atom stereocenters. The predicted octanol–water partition coefficient (Wildman–Crippen LogP) is 2.77. The van der Waals surface area contributed by atoms with Crippen LogP contribution in [0.25, 0.3) is 0 Å². The quantitative estimate of drug-likeness (QED) is 0.337. The third-order valence-electron chi connectivity index (χ3n) is 2.51. The van der Waals surface area contributed by atoms with Crippen molar-refractivity contribution in [2.45, 2.75) is 44.3 Å². The summed E-state index contributed by atoms with van der Waals surface area (Å²) in [5.41, 5.74) is 0. The van der Waals surface area contributed by atoms with Gasteiger partial charge >= 0.3 is 5.97 Å². The molecule has 0 saturated carbocycles. The maximum atomic E-state index is 10.3. The zero-order chi connectivity index (χ0) is 15.9. The summed E-state index contributed by atoms with van der Waals surface area (Å²) in [5.74, 6) is 4.66. The molecule has 0 aromatic heterocycles. The molecule has 116 valence electrons. The van der Waals surface area contributed by atoms with Crippen LogP contribution in [-0.2, 0) is 4.79 Å². The maximum Gasteiger partial charge on any atom is 0.303 e. The Morgan fingerprint density at radius 1 is 1.29 bits per heavy atom. The molecule has 21 heavy (non-hydrogen) atoms. The van der Waals surface area contributed by atoms with Gasteiger partial charge in [0.25, 0.3) is 0 Å². The molecule has 0 radical (unpaired) electrons. The standard InChI is InChI=1S/C16H21BrO4/c17-13-9-5-4-7-11-15(19)14(18)10-6-2-1-3-8-12-16(20)21/h4-6,9-10,13-15,18-19H,3,7-8,11-12H2,(H,20,21)/t14-,15+/m0/s1. The Morgan fingerprint density at radius 2 is 2.05 bits per heavy atom. The van der Waals surface area contributed by atoms with Crippen LogP contribution < -0.4 is 0 Å². The molecule has 0 saturated heterocycles. The molecular weight excluding hydrogens is 336 g/mol. The Labute approximate surface area is 134 Å². The van der Waals surface area contributed by atoms with Crippen LogP contribution >= 0.6 is 15.9 Å². The van der Waals surface area contributed by atoms with Gasteiger partial charge in [-0.1, -0.05) is 46.0 Å². The lowest BCUT2D eigenvalue weighted by molar-refractivity contribution is -0.137. The Morgan fingerprint density at radius 3 is 2.71 bits per heavy atom. The molecule has 0 aromatic carbocycles. The first-order valence-electron chi connectivity index (χ1n) is 6.72. The summed E-state index contributed by atoms with van der Waals surface area (Å²) in [6, 6.07) is 0. The van der Waals surface area contributed by atoms with Gasteiger partial charge in [-0.15, -0.1) is 0 Å². The van der Waals surface area contributed by atoms with Gasteiger partial charge in [-0.25, -0.2) is 0 Å². The van der Waals surface area contributed by atoms with Crippen LogP contribution in [-0.4, -0.2) is 33.5 Å². The molecule has 0 amide bonds. The molecule has 0 aliphatic heterocycles. The second-order valence-corrected chi connectivity index (χ2v) is 4.84. The van der Waals surface area contributed by atoms with Gasteiger partial charge in [0.05, 0.1) is 12.2 Å². The summed E-state index contributed by atoms with van der Waals surface area (Å²) in [6.07, 6.45) is 8.99. The molecule has 0 rings (SSSR count). The number of rotatable bonds is 9. The number of halogens is 1. The third kappa shape index (κ3) is 13.4. The smallest absolute Gasteiger partial charge is 0.303 e. The first-order valence-corrected chi connectivity index (χ1v) is 7.64. The second-order valence-electron chi connectivity index (χ2n) is 4.31. The summed E-state index contributed by atoms with van der Waals surface area (Å²) in [5, 5.41) is 27.8. The van der Waals surface area contributed by atoms with Crippen molar-refractivity contribution in [2.75, 3.05) is 0 Å². The zero-order valence-corrected chi connectivity index (χ0v) is 13.4. The van der Waals surface area contributed by atoms with Crippen molar-refractivity contribution in [3.05, 3.63) is 35.4 Å². The van der Waals surface area contributed by atoms with Crippen LogP contribution in [0.4, 0.5) is 0 Å². The summed E-state index contributed by atoms with van der Waals surface area (Å²) in [7, 11) is 0. The minimum Gasteiger partial charge on any atom is -0.481 e. The number of aliphatic hydroxyl groups is 2. The molecular formula is C16H21BrO4. The lowest BCUT2D eigenvalue weighted by Crippen LogP contribution is -2.23. The van der Waals surface area contributed by atoms with E-state index in [9.17, 15) is 15.0 Å². The Balaban J connectivity index is 3.89. The van der Waals surface area contributed by atoms with E-state index in [1.807, 2.05) is 18.2 Å². The fraction of sp³-hybridized carbons (Fsp3) is 0.438. The molecule has 0 fully saturated rings. The number of carboxylic acids is 1. The van der Waals surface area contributed by atoms with E-state index in [0.29, 0.717) is 25.7 Å². The number of hydrogen-bond acceptors (Lipinski definition) is 3. The molecule has 0 aliphatic carbocycles. The number of unbranched alkanes of at least 4 members (excludes halogenated alkanes) is 1. The van der Waals surface area contributed by atoms with E-state index >= 15 is 0 Å². The van der Waals surface area contributed by atoms with Gasteiger partial charge in [-0.2, -0.15) is 0 Å². The monoisotopic (exact) mass is 356 g/mol. The molecule has 0 bridgehead atoms. The molecule has 5 heteroatoms. The van der Waals surface area contributed by atoms with Crippen LogP contribution in [0.15, 0.2) is 35.4 Å². The van der Waals surface area contributed by atoms with E-state index in [0.717, 1.165) is 0 Å². The number of hydrogen-bond donors (Lipinski definition) is 3. The van der Waals surface area contributed by atoms with E-state index in [2.05, 4.69) is 27.8 Å². The van der Waals surface area contributed by atoms with Gasteiger partial charge in [-0.05, 0) is 36.4 Å². The first kappa shape index (κ1) is 19.7. The highest BCUT2D eigenvalue weighted by Gasteiger charge is 2.11. The normalized spacial score (nSPS) is 14.4. The molecule has 4 nitrogen and oxygen atoms in total. The molecule has 0 aliphatic rings. The predicted molar refractivity (Wildman–Crippen MR) is 86.9 cm³/mol. The van der Waals surface area contributed by atoms with Crippen molar-refractivity contribution in [1.29, 1.82) is 0 Å². The van der Waals surface area contributed by atoms with Crippen LogP contribution in [0.1, 0.15) is 32.1 Å². The fourth-order valence-corrected chi connectivity index (χ4v) is 1.56.